The Morgan fingerprint density at radius 2 is 2.00 bits per heavy atom. The minimum Gasteiger partial charge on any atom is -0.478 e. The van der Waals surface area contributed by atoms with Crippen LogP contribution in [0.5, 0.6) is 0 Å². The summed E-state index contributed by atoms with van der Waals surface area (Å²) in [5, 5.41) is 15.3. The number of hydrogen-bond acceptors (Lipinski definition) is 5. The van der Waals surface area contributed by atoms with Crippen molar-refractivity contribution in [3.63, 3.8) is 0 Å². The zero-order valence-corrected chi connectivity index (χ0v) is 11.1. The maximum atomic E-state index is 11.1. The number of nitrogens with one attached hydrogen (secondary N) is 2. The summed E-state index contributed by atoms with van der Waals surface area (Å²) < 4.78 is 0. The van der Waals surface area contributed by atoms with Crippen LogP contribution >= 0.6 is 0 Å². The number of hydrogen-bond donors (Lipinski definition) is 3. The molecule has 2 rings (SSSR count). The second-order valence-corrected chi connectivity index (χ2v) is 4.19. The van der Waals surface area contributed by atoms with E-state index < -0.39 is 5.97 Å². The molecular formula is C14H16N4O2. The molecule has 3 N–H and O–H groups in total. The average Bonchev–Trinajstić information content (AvgIpc) is 2.46. The zero-order chi connectivity index (χ0) is 14.4. The number of carboxylic acids is 1. The standard InChI is InChI=1S/C14H16N4O2/c1-2-7-15-12-8-13(17-9-16-12)18-11-6-4-3-5-10(11)14(19)20/h3-6,8-9H,2,7H2,1H3,(H,19,20)(H2,15,16,17,18). The van der Waals surface area contributed by atoms with Crippen molar-refractivity contribution < 1.29 is 9.90 Å². The van der Waals surface area contributed by atoms with Crippen molar-refractivity contribution in [3.05, 3.63) is 42.2 Å². The number of carboxylic acid groups (broad SMARTS) is 1. The Bertz CT molecular complexity index is 601. The van der Waals surface area contributed by atoms with Gasteiger partial charge in [-0.1, -0.05) is 19.1 Å². The molecule has 0 bridgehead atoms. The van der Waals surface area contributed by atoms with Gasteiger partial charge in [-0.25, -0.2) is 14.8 Å². The second kappa shape index (κ2) is 6.51. The summed E-state index contributed by atoms with van der Waals surface area (Å²) in [5.74, 6) is 0.274. The van der Waals surface area contributed by atoms with Gasteiger partial charge >= 0.3 is 5.97 Å². The van der Waals surface area contributed by atoms with E-state index in [1.807, 2.05) is 0 Å². The number of carbonyl (C=O) groups is 1. The number of rotatable bonds is 6. The molecule has 0 aliphatic rings. The van der Waals surface area contributed by atoms with Crippen molar-refractivity contribution in [2.24, 2.45) is 0 Å². The van der Waals surface area contributed by atoms with Crippen LogP contribution in [0.3, 0.4) is 0 Å². The van der Waals surface area contributed by atoms with Gasteiger partial charge in [-0.15, -0.1) is 0 Å². The van der Waals surface area contributed by atoms with E-state index in [2.05, 4.69) is 27.5 Å². The summed E-state index contributed by atoms with van der Waals surface area (Å²) in [6.07, 6.45) is 2.43. The molecular weight excluding hydrogens is 256 g/mol. The molecule has 0 saturated carbocycles. The first-order valence-electron chi connectivity index (χ1n) is 6.36. The number of aromatic nitrogens is 2. The Morgan fingerprint density at radius 1 is 1.25 bits per heavy atom. The molecule has 0 saturated heterocycles. The van der Waals surface area contributed by atoms with Crippen molar-refractivity contribution in [2.45, 2.75) is 13.3 Å². The predicted molar refractivity (Wildman–Crippen MR) is 77.5 cm³/mol. The Hall–Kier alpha value is -2.63. The summed E-state index contributed by atoms with van der Waals surface area (Å²) in [5.41, 5.74) is 0.703. The highest BCUT2D eigenvalue weighted by atomic mass is 16.4. The fourth-order valence-corrected chi connectivity index (χ4v) is 1.69. The van der Waals surface area contributed by atoms with Crippen molar-refractivity contribution in [2.75, 3.05) is 17.2 Å². The Kier molecular flexibility index (Phi) is 4.49. The van der Waals surface area contributed by atoms with Crippen LogP contribution in [0.25, 0.3) is 0 Å². The normalized spacial score (nSPS) is 10.1. The van der Waals surface area contributed by atoms with Gasteiger partial charge in [-0.3, -0.25) is 0 Å². The van der Waals surface area contributed by atoms with Crippen LogP contribution in [0.4, 0.5) is 17.3 Å². The minimum absolute atomic E-state index is 0.203. The SMILES string of the molecule is CCCNc1cc(Nc2ccccc2C(=O)O)ncn1. The number of anilines is 3. The third kappa shape index (κ3) is 3.44. The lowest BCUT2D eigenvalue weighted by atomic mass is 10.2. The Morgan fingerprint density at radius 3 is 2.75 bits per heavy atom. The molecule has 104 valence electrons. The van der Waals surface area contributed by atoms with Gasteiger partial charge in [0, 0.05) is 12.6 Å². The van der Waals surface area contributed by atoms with Gasteiger partial charge in [0.1, 0.15) is 18.0 Å². The average molecular weight is 272 g/mol. The summed E-state index contributed by atoms with van der Waals surface area (Å²) >= 11 is 0. The molecule has 1 heterocycles. The highest BCUT2D eigenvalue weighted by Crippen LogP contribution is 2.20. The van der Waals surface area contributed by atoms with Crippen LogP contribution in [0.1, 0.15) is 23.7 Å². The first kappa shape index (κ1) is 13.8. The number of para-hydroxylation sites is 1. The molecule has 6 nitrogen and oxygen atoms in total. The van der Waals surface area contributed by atoms with Crippen molar-refractivity contribution in [1.82, 2.24) is 9.97 Å². The molecule has 0 unspecified atom stereocenters. The van der Waals surface area contributed by atoms with Crippen LogP contribution in [-0.4, -0.2) is 27.6 Å². The van der Waals surface area contributed by atoms with Crippen LogP contribution in [0.15, 0.2) is 36.7 Å². The second-order valence-electron chi connectivity index (χ2n) is 4.19. The van der Waals surface area contributed by atoms with Crippen molar-refractivity contribution in [3.8, 4) is 0 Å². The summed E-state index contributed by atoms with van der Waals surface area (Å²) in [6, 6.07) is 8.44. The number of aromatic carboxylic acids is 1. The number of benzene rings is 1. The van der Waals surface area contributed by atoms with E-state index in [1.165, 1.54) is 6.33 Å². The molecule has 1 aromatic heterocycles. The van der Waals surface area contributed by atoms with E-state index in [9.17, 15) is 4.79 Å². The van der Waals surface area contributed by atoms with E-state index in [4.69, 9.17) is 5.11 Å². The lowest BCUT2D eigenvalue weighted by molar-refractivity contribution is 0.0698. The molecule has 0 fully saturated rings. The molecule has 6 heteroatoms. The molecule has 1 aromatic carbocycles. The van der Waals surface area contributed by atoms with E-state index in [0.29, 0.717) is 17.3 Å². The number of nitrogens with zero attached hydrogens (tertiary/aromatic N) is 2. The van der Waals surface area contributed by atoms with Gasteiger partial charge in [0.15, 0.2) is 0 Å². The fraction of sp³-hybridized carbons (Fsp3) is 0.214. The summed E-state index contributed by atoms with van der Waals surface area (Å²) in [6.45, 7) is 2.89. The monoisotopic (exact) mass is 272 g/mol. The third-order valence-corrected chi connectivity index (χ3v) is 2.64. The molecule has 0 radical (unpaired) electrons. The van der Waals surface area contributed by atoms with Crippen LogP contribution in [0, 0.1) is 0 Å². The topological polar surface area (TPSA) is 87.1 Å². The lowest BCUT2D eigenvalue weighted by Crippen LogP contribution is -2.05. The van der Waals surface area contributed by atoms with E-state index in [-0.39, 0.29) is 5.56 Å². The first-order chi connectivity index (χ1) is 9.70. The highest BCUT2D eigenvalue weighted by molar-refractivity contribution is 5.95. The highest BCUT2D eigenvalue weighted by Gasteiger charge is 2.09. The summed E-state index contributed by atoms with van der Waals surface area (Å²) in [4.78, 5) is 19.3. The van der Waals surface area contributed by atoms with Crippen molar-refractivity contribution in [1.29, 1.82) is 0 Å². The van der Waals surface area contributed by atoms with Gasteiger partial charge in [0.05, 0.1) is 11.3 Å². The van der Waals surface area contributed by atoms with E-state index in [0.717, 1.165) is 13.0 Å². The van der Waals surface area contributed by atoms with Crippen molar-refractivity contribution >= 4 is 23.3 Å². The van der Waals surface area contributed by atoms with Gasteiger partial charge in [0.2, 0.25) is 0 Å². The molecule has 0 amide bonds. The Labute approximate surface area is 116 Å². The quantitative estimate of drug-likeness (QED) is 0.749. The zero-order valence-electron chi connectivity index (χ0n) is 11.1. The predicted octanol–water partition coefficient (Wildman–Crippen LogP) is 2.74. The smallest absolute Gasteiger partial charge is 0.337 e. The van der Waals surface area contributed by atoms with Gasteiger partial charge in [-0.2, -0.15) is 0 Å². The molecule has 0 aliphatic heterocycles. The molecule has 0 aliphatic carbocycles. The van der Waals surface area contributed by atoms with Crippen LogP contribution in [-0.2, 0) is 0 Å². The molecule has 0 spiro atoms. The minimum atomic E-state index is -0.980. The molecule has 20 heavy (non-hydrogen) atoms. The van der Waals surface area contributed by atoms with Crippen LogP contribution in [0.2, 0.25) is 0 Å². The van der Waals surface area contributed by atoms with E-state index >= 15 is 0 Å². The first-order valence-corrected chi connectivity index (χ1v) is 6.36. The van der Waals surface area contributed by atoms with Gasteiger partial charge < -0.3 is 15.7 Å². The van der Waals surface area contributed by atoms with Gasteiger partial charge in [0.25, 0.3) is 0 Å². The van der Waals surface area contributed by atoms with Gasteiger partial charge in [-0.05, 0) is 18.6 Å². The maximum absolute atomic E-state index is 11.1. The molecule has 0 atom stereocenters. The maximum Gasteiger partial charge on any atom is 0.337 e. The van der Waals surface area contributed by atoms with Crippen LogP contribution < -0.4 is 10.6 Å². The fourth-order valence-electron chi connectivity index (χ4n) is 1.69. The summed E-state index contributed by atoms with van der Waals surface area (Å²) in [7, 11) is 0. The largest absolute Gasteiger partial charge is 0.478 e. The lowest BCUT2D eigenvalue weighted by Gasteiger charge is -2.10. The van der Waals surface area contributed by atoms with E-state index in [1.54, 1.807) is 30.3 Å². The Balaban J connectivity index is 2.20. The third-order valence-electron chi connectivity index (χ3n) is 2.64. The molecule has 2 aromatic rings.